The van der Waals surface area contributed by atoms with E-state index in [1.54, 1.807) is 13.0 Å². The lowest BCUT2D eigenvalue weighted by Crippen LogP contribution is -1.72. The van der Waals surface area contributed by atoms with E-state index in [0.717, 1.165) is 5.57 Å². The molecule has 0 aliphatic heterocycles. The number of rotatable bonds is 2. The normalized spacial score (nSPS) is 14.7. The molecule has 56 valence electrons. The van der Waals surface area contributed by atoms with E-state index in [2.05, 4.69) is 0 Å². The first-order valence-corrected chi connectivity index (χ1v) is 3.33. The molecular formula is C9H14O. The van der Waals surface area contributed by atoms with Gasteiger partial charge in [-0.05, 0) is 32.4 Å². The van der Waals surface area contributed by atoms with Crippen LogP contribution in [0.4, 0.5) is 0 Å². The molecule has 0 aromatic heterocycles. The standard InChI is InChI=1S/C9H14O/c1-4-5-6-8(2)7-9(3)10/h4-7,10H,1-3H3/b5-4+,8-6-,9-7+. The van der Waals surface area contributed by atoms with Gasteiger partial charge in [-0.3, -0.25) is 0 Å². The minimum absolute atomic E-state index is 0.346. The summed E-state index contributed by atoms with van der Waals surface area (Å²) < 4.78 is 0. The summed E-state index contributed by atoms with van der Waals surface area (Å²) in [5, 5.41) is 8.82. The summed E-state index contributed by atoms with van der Waals surface area (Å²) in [4.78, 5) is 0. The zero-order valence-corrected chi connectivity index (χ0v) is 6.76. The Bertz CT molecular complexity index is 169. The molecule has 0 atom stereocenters. The Morgan fingerprint density at radius 2 is 1.90 bits per heavy atom. The van der Waals surface area contributed by atoms with Crippen molar-refractivity contribution in [2.75, 3.05) is 0 Å². The largest absolute Gasteiger partial charge is 0.513 e. The number of allylic oxidation sites excluding steroid dienone is 6. The van der Waals surface area contributed by atoms with Crippen molar-refractivity contribution in [2.24, 2.45) is 0 Å². The second-order valence-corrected chi connectivity index (χ2v) is 2.22. The summed E-state index contributed by atoms with van der Waals surface area (Å²) in [7, 11) is 0. The highest BCUT2D eigenvalue weighted by molar-refractivity contribution is 5.22. The van der Waals surface area contributed by atoms with Crippen molar-refractivity contribution in [2.45, 2.75) is 20.8 Å². The molecule has 1 nitrogen and oxygen atoms in total. The average molecular weight is 138 g/mol. The van der Waals surface area contributed by atoms with Crippen LogP contribution in [0.5, 0.6) is 0 Å². The maximum atomic E-state index is 8.82. The molecule has 1 heteroatoms. The molecule has 0 amide bonds. The number of hydrogen-bond acceptors (Lipinski definition) is 1. The molecule has 0 fully saturated rings. The zero-order chi connectivity index (χ0) is 7.98. The molecule has 0 aliphatic rings. The molecule has 0 saturated carbocycles. The molecule has 0 spiro atoms. The Morgan fingerprint density at radius 1 is 1.30 bits per heavy atom. The summed E-state index contributed by atoms with van der Waals surface area (Å²) >= 11 is 0. The van der Waals surface area contributed by atoms with Crippen LogP contribution in [0.25, 0.3) is 0 Å². The van der Waals surface area contributed by atoms with Gasteiger partial charge in [-0.15, -0.1) is 0 Å². The lowest BCUT2D eigenvalue weighted by atomic mass is 10.2. The zero-order valence-electron chi connectivity index (χ0n) is 6.76. The van der Waals surface area contributed by atoms with E-state index in [0.29, 0.717) is 5.76 Å². The van der Waals surface area contributed by atoms with Crippen molar-refractivity contribution in [3.8, 4) is 0 Å². The highest BCUT2D eigenvalue weighted by atomic mass is 16.3. The van der Waals surface area contributed by atoms with Crippen molar-refractivity contribution in [1.29, 1.82) is 0 Å². The van der Waals surface area contributed by atoms with E-state index in [-0.39, 0.29) is 0 Å². The van der Waals surface area contributed by atoms with Crippen LogP contribution in [0.2, 0.25) is 0 Å². The van der Waals surface area contributed by atoms with E-state index in [4.69, 9.17) is 5.11 Å². The predicted molar refractivity (Wildman–Crippen MR) is 45.0 cm³/mol. The van der Waals surface area contributed by atoms with Crippen molar-refractivity contribution in [3.63, 3.8) is 0 Å². The van der Waals surface area contributed by atoms with Gasteiger partial charge in [-0.1, -0.05) is 18.2 Å². The molecule has 0 heterocycles. The van der Waals surface area contributed by atoms with Gasteiger partial charge in [0.15, 0.2) is 0 Å². The smallest absolute Gasteiger partial charge is 0.0894 e. The minimum Gasteiger partial charge on any atom is -0.513 e. The summed E-state index contributed by atoms with van der Waals surface area (Å²) in [6.45, 7) is 5.56. The molecule has 0 bridgehead atoms. The van der Waals surface area contributed by atoms with Crippen LogP contribution in [0.1, 0.15) is 20.8 Å². The molecule has 0 aromatic carbocycles. The second-order valence-electron chi connectivity index (χ2n) is 2.22. The van der Waals surface area contributed by atoms with Crippen LogP contribution in [0.15, 0.2) is 35.6 Å². The van der Waals surface area contributed by atoms with Gasteiger partial charge in [-0.2, -0.15) is 0 Å². The van der Waals surface area contributed by atoms with Gasteiger partial charge >= 0.3 is 0 Å². The van der Waals surface area contributed by atoms with Gasteiger partial charge in [0.25, 0.3) is 0 Å². The van der Waals surface area contributed by atoms with Crippen molar-refractivity contribution < 1.29 is 5.11 Å². The van der Waals surface area contributed by atoms with Crippen molar-refractivity contribution in [3.05, 3.63) is 35.6 Å². The van der Waals surface area contributed by atoms with Crippen LogP contribution >= 0.6 is 0 Å². The average Bonchev–Trinajstić information content (AvgIpc) is 1.82. The fraction of sp³-hybridized carbons (Fsp3) is 0.333. The van der Waals surface area contributed by atoms with Gasteiger partial charge < -0.3 is 5.11 Å². The Kier molecular flexibility index (Phi) is 4.38. The third-order valence-electron chi connectivity index (χ3n) is 0.988. The van der Waals surface area contributed by atoms with Crippen LogP contribution in [0.3, 0.4) is 0 Å². The van der Waals surface area contributed by atoms with Crippen LogP contribution in [0, 0.1) is 0 Å². The molecule has 0 saturated heterocycles. The fourth-order valence-electron chi connectivity index (χ4n) is 0.626. The van der Waals surface area contributed by atoms with Crippen molar-refractivity contribution >= 4 is 0 Å². The summed E-state index contributed by atoms with van der Waals surface area (Å²) in [5.74, 6) is 0.346. The second kappa shape index (κ2) is 4.86. The summed E-state index contributed by atoms with van der Waals surface area (Å²) in [6, 6.07) is 0. The van der Waals surface area contributed by atoms with Crippen LogP contribution in [-0.2, 0) is 0 Å². The van der Waals surface area contributed by atoms with Gasteiger partial charge in [-0.25, -0.2) is 0 Å². The monoisotopic (exact) mass is 138 g/mol. The number of aliphatic hydroxyl groups excluding tert-OH is 1. The van der Waals surface area contributed by atoms with E-state index in [1.807, 2.05) is 32.1 Å². The topological polar surface area (TPSA) is 20.2 Å². The third kappa shape index (κ3) is 5.16. The summed E-state index contributed by atoms with van der Waals surface area (Å²) in [5.41, 5.74) is 1.05. The Hall–Kier alpha value is -0.980. The molecule has 0 radical (unpaired) electrons. The minimum atomic E-state index is 0.346. The van der Waals surface area contributed by atoms with Gasteiger partial charge in [0, 0.05) is 0 Å². The van der Waals surface area contributed by atoms with Crippen molar-refractivity contribution in [1.82, 2.24) is 0 Å². The summed E-state index contributed by atoms with van der Waals surface area (Å²) in [6.07, 6.45) is 7.55. The maximum absolute atomic E-state index is 8.82. The molecule has 0 aliphatic carbocycles. The highest BCUT2D eigenvalue weighted by Crippen LogP contribution is 1.98. The first-order chi connectivity index (χ1) is 4.66. The Morgan fingerprint density at radius 3 is 2.30 bits per heavy atom. The first kappa shape index (κ1) is 9.02. The molecule has 10 heavy (non-hydrogen) atoms. The first-order valence-electron chi connectivity index (χ1n) is 3.33. The lowest BCUT2D eigenvalue weighted by molar-refractivity contribution is 0.414. The van der Waals surface area contributed by atoms with E-state index < -0.39 is 0 Å². The predicted octanol–water partition coefficient (Wildman–Crippen LogP) is 2.97. The number of aliphatic hydroxyl groups is 1. The molecule has 0 aromatic rings. The Labute approximate surface area is 62.4 Å². The maximum Gasteiger partial charge on any atom is 0.0894 e. The molecular weight excluding hydrogens is 124 g/mol. The number of hydrogen-bond donors (Lipinski definition) is 1. The fourth-order valence-corrected chi connectivity index (χ4v) is 0.626. The van der Waals surface area contributed by atoms with Crippen LogP contribution in [-0.4, -0.2) is 5.11 Å². The van der Waals surface area contributed by atoms with Crippen LogP contribution < -0.4 is 0 Å². The highest BCUT2D eigenvalue weighted by Gasteiger charge is 1.80. The van der Waals surface area contributed by atoms with E-state index >= 15 is 0 Å². The van der Waals surface area contributed by atoms with E-state index in [9.17, 15) is 0 Å². The lowest BCUT2D eigenvalue weighted by Gasteiger charge is -1.89. The third-order valence-corrected chi connectivity index (χ3v) is 0.988. The molecule has 0 unspecified atom stereocenters. The SMILES string of the molecule is C/C=C/C=C(C)\C=C(/C)O. The molecule has 1 N–H and O–H groups in total. The Balaban J connectivity index is 4.08. The van der Waals surface area contributed by atoms with Gasteiger partial charge in [0.1, 0.15) is 0 Å². The van der Waals surface area contributed by atoms with Gasteiger partial charge in [0.05, 0.1) is 5.76 Å². The van der Waals surface area contributed by atoms with E-state index in [1.165, 1.54) is 0 Å². The van der Waals surface area contributed by atoms with Gasteiger partial charge in [0.2, 0.25) is 0 Å². The molecule has 0 rings (SSSR count). The quantitative estimate of drug-likeness (QED) is 0.459.